The van der Waals surface area contributed by atoms with Crippen molar-refractivity contribution in [3.05, 3.63) is 94.5 Å². The van der Waals surface area contributed by atoms with Gasteiger partial charge in [0.1, 0.15) is 4.70 Å². The zero-order valence-electron chi connectivity index (χ0n) is 24.6. The van der Waals surface area contributed by atoms with Gasteiger partial charge in [-0.2, -0.15) is 13.0 Å². The van der Waals surface area contributed by atoms with Gasteiger partial charge < -0.3 is 4.90 Å². The van der Waals surface area contributed by atoms with Crippen molar-refractivity contribution in [3.63, 3.8) is 0 Å². The van der Waals surface area contributed by atoms with E-state index in [2.05, 4.69) is 98.6 Å². The molecule has 1 aliphatic heterocycles. The van der Waals surface area contributed by atoms with Gasteiger partial charge in [0.15, 0.2) is 6.54 Å². The molecule has 8 nitrogen and oxygen atoms in total. The Bertz CT molecular complexity index is 2020. The minimum Gasteiger partial charge on any atom is -0.334 e. The zero-order chi connectivity index (χ0) is 31.4. The topological polar surface area (TPSA) is 100 Å². The first-order valence-corrected chi connectivity index (χ1v) is 18.8. The number of aromatic nitrogens is 1. The van der Waals surface area contributed by atoms with Crippen molar-refractivity contribution in [1.82, 2.24) is 0 Å². The number of benzene rings is 4. The van der Waals surface area contributed by atoms with E-state index in [1.807, 2.05) is 12.1 Å². The van der Waals surface area contributed by atoms with E-state index in [1.165, 1.54) is 21.4 Å². The molecule has 12 heteroatoms. The minimum atomic E-state index is -4.06. The fourth-order valence-electron chi connectivity index (χ4n) is 5.71. The Labute approximate surface area is 274 Å². The van der Waals surface area contributed by atoms with Gasteiger partial charge in [-0.25, -0.2) is 5.26 Å². The first-order chi connectivity index (χ1) is 21.9. The smallest absolute Gasteiger partial charge is 0.265 e. The maximum atomic E-state index is 11.6. The van der Waals surface area contributed by atoms with Crippen LogP contribution < -0.4 is 9.47 Å². The molecule has 45 heavy (non-hydrogen) atoms. The molecule has 0 saturated carbocycles. The molecule has 0 radical (unpaired) electrons. The number of allylic oxidation sites excluding steroid dienone is 2. The van der Waals surface area contributed by atoms with Crippen LogP contribution in [0.3, 0.4) is 0 Å². The molecule has 0 amide bonds. The molecule has 2 heterocycles. The van der Waals surface area contributed by atoms with Crippen LogP contribution in [0.2, 0.25) is 0 Å². The Kier molecular flexibility index (Phi) is 10.1. The molecule has 0 atom stereocenters. The van der Waals surface area contributed by atoms with E-state index in [0.29, 0.717) is 18.7 Å². The third-order valence-corrected chi connectivity index (χ3v) is 11.3. The van der Waals surface area contributed by atoms with Gasteiger partial charge in [-0.3, -0.25) is 4.55 Å². The molecule has 1 aliphatic rings. The SMILES string of the molecule is CCC(=Cc1sc2ccc3ccccc3c2[n+]1CCCS(=O)(=O)O)C=C1Sc2ccc3ccccc3c2N1CCCSOOO. The molecule has 0 aliphatic carbocycles. The minimum absolute atomic E-state index is 0.290. The number of thioether (sulfide) groups is 1. The van der Waals surface area contributed by atoms with Crippen LogP contribution in [0.15, 0.2) is 94.4 Å². The quantitative estimate of drug-likeness (QED) is 0.0317. The van der Waals surface area contributed by atoms with E-state index in [1.54, 1.807) is 23.1 Å². The summed E-state index contributed by atoms with van der Waals surface area (Å²) in [6.45, 7) is 3.36. The van der Waals surface area contributed by atoms with Gasteiger partial charge >= 0.3 is 0 Å². The summed E-state index contributed by atoms with van der Waals surface area (Å²) < 4.78 is 40.5. The maximum absolute atomic E-state index is 11.6. The van der Waals surface area contributed by atoms with E-state index >= 15 is 0 Å². The Hall–Kier alpha value is -2.94. The summed E-state index contributed by atoms with van der Waals surface area (Å²) in [5.74, 6) is 0.354. The van der Waals surface area contributed by atoms with Crippen molar-refractivity contribution < 1.29 is 32.2 Å². The van der Waals surface area contributed by atoms with E-state index < -0.39 is 10.1 Å². The predicted molar refractivity (Wildman–Crippen MR) is 186 cm³/mol. The number of rotatable bonds is 13. The number of hydrogen-bond acceptors (Lipinski definition) is 9. The fraction of sp³-hybridized carbons (Fsp3) is 0.242. The summed E-state index contributed by atoms with van der Waals surface area (Å²) in [7, 11) is -4.06. The highest BCUT2D eigenvalue weighted by molar-refractivity contribution is 8.03. The van der Waals surface area contributed by atoms with E-state index in [0.717, 1.165) is 68.0 Å². The average molecular weight is 682 g/mol. The molecular formula is C33H33N2O6S4+. The van der Waals surface area contributed by atoms with Crippen LogP contribution in [-0.2, 0) is 26.0 Å². The van der Waals surface area contributed by atoms with Crippen LogP contribution in [0, 0.1) is 0 Å². The fourth-order valence-corrected chi connectivity index (χ4v) is 8.93. The standard InChI is InChI=1S/C33H32N2O6S4/c1-2-23(21-30-34(17-7-19-42-41-40-36)32-26-11-5-3-9-24(26)13-15-28(32)43-30)22-31-35(18-8-20-45(37,38)39)33-27-12-6-4-10-25(27)14-16-29(33)44-31/h3-6,9-16,21-22H,2,7-8,17-20H2,1H3,(H-,36,37,38,39)/p+1. The van der Waals surface area contributed by atoms with Crippen molar-refractivity contribution in [2.45, 2.75) is 37.6 Å². The number of thiazole rings is 1. The third-order valence-electron chi connectivity index (χ3n) is 7.73. The summed E-state index contributed by atoms with van der Waals surface area (Å²) >= 11 is 4.50. The molecule has 0 spiro atoms. The number of anilines is 1. The molecule has 4 aromatic carbocycles. The van der Waals surface area contributed by atoms with E-state index in [-0.39, 0.29) is 5.75 Å². The molecule has 0 fully saturated rings. The van der Waals surface area contributed by atoms with Gasteiger partial charge in [0, 0.05) is 47.1 Å². The zero-order valence-corrected chi connectivity index (χ0v) is 27.9. The Morgan fingerprint density at radius 2 is 1.73 bits per heavy atom. The monoisotopic (exact) mass is 681 g/mol. The highest BCUT2D eigenvalue weighted by Crippen LogP contribution is 2.50. The first-order valence-electron chi connectivity index (χ1n) is 14.6. The van der Waals surface area contributed by atoms with Crippen LogP contribution in [0.4, 0.5) is 5.69 Å². The van der Waals surface area contributed by atoms with Gasteiger partial charge in [-0.15, -0.1) is 4.33 Å². The molecule has 6 rings (SSSR count). The molecule has 2 N–H and O–H groups in total. The van der Waals surface area contributed by atoms with Crippen molar-refractivity contribution >= 4 is 88.8 Å². The van der Waals surface area contributed by atoms with Crippen LogP contribution in [-0.4, -0.2) is 36.3 Å². The Morgan fingerprint density at radius 3 is 2.49 bits per heavy atom. The summed E-state index contributed by atoms with van der Waals surface area (Å²) in [6.07, 6.45) is 6.37. The second-order valence-electron chi connectivity index (χ2n) is 10.6. The number of aryl methyl sites for hydroxylation is 1. The highest BCUT2D eigenvalue weighted by Gasteiger charge is 2.28. The van der Waals surface area contributed by atoms with Crippen LogP contribution in [0.5, 0.6) is 0 Å². The van der Waals surface area contributed by atoms with E-state index in [9.17, 15) is 13.0 Å². The average Bonchev–Trinajstić information content (AvgIpc) is 3.57. The second kappa shape index (κ2) is 14.2. The van der Waals surface area contributed by atoms with Crippen LogP contribution >= 0.6 is 35.1 Å². The summed E-state index contributed by atoms with van der Waals surface area (Å²) in [5.41, 5.74) is 3.41. The molecule has 0 saturated heterocycles. The first kappa shape index (κ1) is 32.0. The van der Waals surface area contributed by atoms with Gasteiger partial charge in [0.05, 0.1) is 21.9 Å². The lowest BCUT2D eigenvalue weighted by Gasteiger charge is -2.22. The lowest BCUT2D eigenvalue weighted by Crippen LogP contribution is -2.36. The van der Waals surface area contributed by atoms with Crippen LogP contribution in [0.1, 0.15) is 31.2 Å². The lowest BCUT2D eigenvalue weighted by atomic mass is 10.1. The number of fused-ring (bicyclic) bond motifs is 6. The lowest BCUT2D eigenvalue weighted by molar-refractivity contribution is -0.667. The van der Waals surface area contributed by atoms with Crippen molar-refractivity contribution in [2.24, 2.45) is 0 Å². The Balaban J connectivity index is 1.41. The largest absolute Gasteiger partial charge is 0.334 e. The summed E-state index contributed by atoms with van der Waals surface area (Å²) in [4.78, 5) is 3.57. The predicted octanol–water partition coefficient (Wildman–Crippen LogP) is 8.48. The van der Waals surface area contributed by atoms with Crippen molar-refractivity contribution in [1.29, 1.82) is 0 Å². The maximum Gasteiger partial charge on any atom is 0.265 e. The van der Waals surface area contributed by atoms with Crippen molar-refractivity contribution in [2.75, 3.05) is 23.0 Å². The second-order valence-corrected chi connectivity index (χ2v) is 15.1. The number of hydrogen-bond donors (Lipinski definition) is 2. The molecule has 0 unspecified atom stereocenters. The normalized spacial score (nSPS) is 14.8. The highest BCUT2D eigenvalue weighted by atomic mass is 32.2. The molecule has 0 bridgehead atoms. The molecule has 1 aromatic heterocycles. The van der Waals surface area contributed by atoms with Gasteiger partial charge in [-0.1, -0.05) is 89.7 Å². The van der Waals surface area contributed by atoms with Gasteiger partial charge in [0.2, 0.25) is 5.52 Å². The Morgan fingerprint density at radius 1 is 1.00 bits per heavy atom. The molecular weight excluding hydrogens is 649 g/mol. The van der Waals surface area contributed by atoms with Gasteiger partial charge in [-0.05, 0) is 53.5 Å². The molecule has 5 aromatic rings. The van der Waals surface area contributed by atoms with Crippen LogP contribution in [0.25, 0.3) is 37.8 Å². The molecule has 234 valence electrons. The van der Waals surface area contributed by atoms with E-state index in [4.69, 9.17) is 5.26 Å². The van der Waals surface area contributed by atoms with Crippen molar-refractivity contribution in [3.8, 4) is 0 Å². The third kappa shape index (κ3) is 7.23. The summed E-state index contributed by atoms with van der Waals surface area (Å²) in [5, 5.41) is 19.0. The summed E-state index contributed by atoms with van der Waals surface area (Å²) in [6, 6.07) is 25.2. The number of nitrogens with zero attached hydrogens (tertiary/aromatic N) is 2. The van der Waals surface area contributed by atoms with Gasteiger partial charge in [0.25, 0.3) is 15.1 Å².